The van der Waals surface area contributed by atoms with Crippen molar-refractivity contribution in [2.24, 2.45) is 0 Å². The normalized spacial score (nSPS) is 10.1. The molecule has 0 aliphatic carbocycles. The minimum absolute atomic E-state index is 0.264. The first-order chi connectivity index (χ1) is 9.47. The summed E-state index contributed by atoms with van der Waals surface area (Å²) in [6, 6.07) is 6.68. The number of ether oxygens (including phenoxy) is 1. The Balaban J connectivity index is 2.34. The Hall–Kier alpha value is -2.48. The molecule has 0 fully saturated rings. The molecule has 8 heteroatoms. The van der Waals surface area contributed by atoms with Crippen molar-refractivity contribution in [2.45, 2.75) is 13.8 Å². The van der Waals surface area contributed by atoms with E-state index >= 15 is 0 Å². The van der Waals surface area contributed by atoms with Crippen LogP contribution in [0.5, 0.6) is 5.75 Å². The van der Waals surface area contributed by atoms with Crippen LogP contribution in [0.4, 0.5) is 0 Å². The van der Waals surface area contributed by atoms with Gasteiger partial charge in [0, 0.05) is 19.4 Å². The highest BCUT2D eigenvalue weighted by Gasteiger charge is 2.10. The number of amides is 1. The maximum absolute atomic E-state index is 11.1. The van der Waals surface area contributed by atoms with Crippen molar-refractivity contribution in [3.05, 3.63) is 29.0 Å². The van der Waals surface area contributed by atoms with E-state index in [0.717, 1.165) is 0 Å². The number of nitrogens with zero attached hydrogens (tertiary/aromatic N) is 2. The molecule has 0 saturated heterocycles. The maximum Gasteiger partial charge on any atom is 0.308 e. The topological polar surface area (TPSA) is 89.0 Å². The van der Waals surface area contributed by atoms with E-state index in [9.17, 15) is 9.59 Å². The molecule has 1 amide bonds. The Kier molecular flexibility index (Phi) is 3.94. The van der Waals surface area contributed by atoms with Gasteiger partial charge in [0.2, 0.25) is 10.7 Å². The van der Waals surface area contributed by atoms with Gasteiger partial charge in [-0.3, -0.25) is 15.0 Å². The molecule has 0 aliphatic heterocycles. The molecule has 7 nitrogen and oxygen atoms in total. The van der Waals surface area contributed by atoms with Gasteiger partial charge in [0.25, 0.3) is 0 Å². The molecule has 1 aromatic carbocycles. The van der Waals surface area contributed by atoms with Gasteiger partial charge in [0.05, 0.1) is 0 Å². The lowest BCUT2D eigenvalue weighted by Gasteiger charge is -2.07. The minimum atomic E-state index is -0.390. The number of hydrogen-bond acceptors (Lipinski definition) is 5. The molecule has 0 atom stereocenters. The second-order valence-electron chi connectivity index (χ2n) is 3.97. The first-order valence-electron chi connectivity index (χ1n) is 5.71. The number of H-pyrrole nitrogens is 1. The molecule has 0 saturated carbocycles. The van der Waals surface area contributed by atoms with Crippen molar-refractivity contribution in [1.29, 1.82) is 0 Å². The third-order valence-electron chi connectivity index (χ3n) is 2.32. The van der Waals surface area contributed by atoms with E-state index in [0.29, 0.717) is 17.1 Å². The fourth-order valence-electron chi connectivity index (χ4n) is 1.59. The summed E-state index contributed by atoms with van der Waals surface area (Å²) in [5, 5.41) is 6.66. The average molecular weight is 292 g/mol. The maximum atomic E-state index is 11.1. The van der Waals surface area contributed by atoms with Gasteiger partial charge < -0.3 is 4.74 Å². The lowest BCUT2D eigenvalue weighted by molar-refractivity contribution is -0.131. The molecular weight excluding hydrogens is 280 g/mol. The molecule has 1 aromatic heterocycles. The molecule has 104 valence electrons. The Labute approximate surface area is 119 Å². The van der Waals surface area contributed by atoms with Crippen LogP contribution in [0.2, 0.25) is 0 Å². The number of esters is 1. The highest BCUT2D eigenvalue weighted by molar-refractivity contribution is 7.71. The third-order valence-corrected chi connectivity index (χ3v) is 2.59. The Morgan fingerprint density at radius 1 is 1.30 bits per heavy atom. The third kappa shape index (κ3) is 3.09. The summed E-state index contributed by atoms with van der Waals surface area (Å²) < 4.78 is 6.59. The summed E-state index contributed by atoms with van der Waals surface area (Å²) in [4.78, 5) is 22.0. The lowest BCUT2D eigenvalue weighted by atomic mass is 10.2. The van der Waals surface area contributed by atoms with Crippen LogP contribution in [-0.4, -0.2) is 26.7 Å². The summed E-state index contributed by atoms with van der Waals surface area (Å²) in [6.45, 7) is 2.71. The van der Waals surface area contributed by atoms with Crippen molar-refractivity contribution in [3.8, 4) is 17.1 Å². The van der Waals surface area contributed by atoms with Crippen molar-refractivity contribution < 1.29 is 14.3 Å². The van der Waals surface area contributed by atoms with E-state index < -0.39 is 5.97 Å². The monoisotopic (exact) mass is 292 g/mol. The van der Waals surface area contributed by atoms with Crippen LogP contribution in [0.15, 0.2) is 24.3 Å². The van der Waals surface area contributed by atoms with E-state index in [1.54, 1.807) is 24.3 Å². The van der Waals surface area contributed by atoms with Crippen LogP contribution in [0.1, 0.15) is 13.8 Å². The van der Waals surface area contributed by atoms with Gasteiger partial charge in [0.15, 0.2) is 5.82 Å². The molecule has 0 unspecified atom stereocenters. The van der Waals surface area contributed by atoms with Crippen LogP contribution < -0.4 is 10.2 Å². The van der Waals surface area contributed by atoms with Gasteiger partial charge in [0.1, 0.15) is 5.75 Å². The molecule has 1 heterocycles. The van der Waals surface area contributed by atoms with Crippen molar-refractivity contribution >= 4 is 24.1 Å². The van der Waals surface area contributed by atoms with Crippen LogP contribution in [-0.2, 0) is 9.59 Å². The summed E-state index contributed by atoms with van der Waals surface area (Å²) in [5.74, 6) is 0.236. The zero-order chi connectivity index (χ0) is 14.7. The molecule has 0 bridgehead atoms. The van der Waals surface area contributed by atoms with Crippen LogP contribution in [0, 0.1) is 4.77 Å². The number of hydrogen-bond donors (Lipinski definition) is 2. The van der Waals surface area contributed by atoms with Gasteiger partial charge in [-0.05, 0) is 36.5 Å². The number of rotatable bonds is 3. The van der Waals surface area contributed by atoms with E-state index in [2.05, 4.69) is 15.6 Å². The highest BCUT2D eigenvalue weighted by Crippen LogP contribution is 2.20. The van der Waals surface area contributed by atoms with Crippen LogP contribution in [0.3, 0.4) is 0 Å². The molecule has 2 N–H and O–H groups in total. The van der Waals surface area contributed by atoms with Crippen molar-refractivity contribution in [2.75, 3.05) is 5.43 Å². The Morgan fingerprint density at radius 2 is 1.95 bits per heavy atom. The smallest absolute Gasteiger partial charge is 0.308 e. The van der Waals surface area contributed by atoms with E-state index in [1.165, 1.54) is 18.5 Å². The second-order valence-corrected chi connectivity index (χ2v) is 4.36. The summed E-state index contributed by atoms with van der Waals surface area (Å²) in [6.07, 6.45) is 0. The molecule has 0 aliphatic rings. The Morgan fingerprint density at radius 3 is 2.50 bits per heavy atom. The minimum Gasteiger partial charge on any atom is -0.427 e. The molecule has 0 spiro atoms. The van der Waals surface area contributed by atoms with Crippen LogP contribution >= 0.6 is 12.2 Å². The van der Waals surface area contributed by atoms with Gasteiger partial charge in [-0.2, -0.15) is 5.10 Å². The first-order valence-corrected chi connectivity index (χ1v) is 6.12. The number of benzene rings is 1. The zero-order valence-corrected chi connectivity index (χ0v) is 11.7. The average Bonchev–Trinajstić information content (AvgIpc) is 2.71. The molecular formula is C12H12N4O3S. The first kappa shape index (κ1) is 13.9. The fraction of sp³-hybridized carbons (Fsp3) is 0.167. The lowest BCUT2D eigenvalue weighted by Crippen LogP contribution is -2.20. The van der Waals surface area contributed by atoms with Crippen molar-refractivity contribution in [3.63, 3.8) is 0 Å². The highest BCUT2D eigenvalue weighted by atomic mass is 32.1. The van der Waals surface area contributed by atoms with Gasteiger partial charge >= 0.3 is 5.97 Å². The number of carbonyl (C=O) groups is 2. The predicted octanol–water partition coefficient (Wildman–Crippen LogP) is 1.62. The zero-order valence-electron chi connectivity index (χ0n) is 10.8. The summed E-state index contributed by atoms with van der Waals surface area (Å²) in [7, 11) is 0. The van der Waals surface area contributed by atoms with Crippen LogP contribution in [0.25, 0.3) is 11.4 Å². The standard InChI is InChI=1S/C12H12N4O3S/c1-7(17)15-16-11(13-14-12(16)20)9-3-5-10(6-4-9)19-8(2)18/h3-6H,1-2H3,(H,14,20)(H,15,17). The fourth-order valence-corrected chi connectivity index (χ4v) is 1.77. The second kappa shape index (κ2) is 5.66. The number of nitrogens with one attached hydrogen (secondary N) is 2. The van der Waals surface area contributed by atoms with Gasteiger partial charge in [-0.15, -0.1) is 0 Å². The quantitative estimate of drug-likeness (QED) is 0.510. The predicted molar refractivity (Wildman–Crippen MR) is 74.2 cm³/mol. The number of aromatic amines is 1. The van der Waals surface area contributed by atoms with Gasteiger partial charge in [-0.1, -0.05) is 0 Å². The summed E-state index contributed by atoms with van der Waals surface area (Å²) >= 11 is 5.03. The number of aromatic nitrogens is 3. The van der Waals surface area contributed by atoms with Crippen molar-refractivity contribution in [1.82, 2.24) is 14.9 Å². The molecule has 2 rings (SSSR count). The van der Waals surface area contributed by atoms with E-state index in [-0.39, 0.29) is 10.7 Å². The Bertz CT molecular complexity index is 702. The van der Waals surface area contributed by atoms with Gasteiger partial charge in [-0.25, -0.2) is 9.77 Å². The number of carbonyl (C=O) groups excluding carboxylic acids is 2. The SMILES string of the molecule is CC(=O)Nn1c(-c2ccc(OC(C)=O)cc2)n[nH]c1=S. The largest absolute Gasteiger partial charge is 0.427 e. The van der Waals surface area contributed by atoms with E-state index in [1.807, 2.05) is 0 Å². The summed E-state index contributed by atoms with van der Waals surface area (Å²) in [5.41, 5.74) is 3.27. The molecule has 20 heavy (non-hydrogen) atoms. The molecule has 0 radical (unpaired) electrons. The molecule has 2 aromatic rings. The van der Waals surface area contributed by atoms with E-state index in [4.69, 9.17) is 17.0 Å².